The molecule has 62 heavy (non-hydrogen) atoms. The molecule has 0 bridgehead atoms. The minimum atomic E-state index is -4.67. The molecule has 0 aliphatic carbocycles. The van der Waals surface area contributed by atoms with Crippen molar-refractivity contribution < 1.29 is 51.4 Å². The van der Waals surface area contributed by atoms with Gasteiger partial charge in [-0.1, -0.05) is 109 Å². The summed E-state index contributed by atoms with van der Waals surface area (Å²) < 4.78 is 31.6. The minimum absolute atomic E-state index is 0.0926. The number of anilines is 1. The number of fused-ring (bicyclic) bond motifs is 1. The molecule has 4 aromatic rings. The van der Waals surface area contributed by atoms with Crippen LogP contribution in [0.4, 0.5) is 5.13 Å². The zero-order chi connectivity index (χ0) is 46.4. The predicted octanol–water partition coefficient (Wildman–Crippen LogP) is 3.90. The average molecular weight is 910 g/mol. The maximum atomic E-state index is 13.9. The molecular weight excluding hydrogens is 863 g/mol. The number of nitrogens with zero attached hydrogens (tertiary/aromatic N) is 5. The number of hydrogen-bond donors (Lipinski definition) is 5. The molecular formula is C41H47N7O11S3. The number of allylic oxidation sites excluding steroid dienone is 1. The van der Waals surface area contributed by atoms with E-state index in [-0.39, 0.29) is 34.0 Å². The lowest BCUT2D eigenvalue weighted by molar-refractivity contribution is -0.150. The molecule has 21 heteroatoms. The quantitative estimate of drug-likeness (QED) is 0.0497. The van der Waals surface area contributed by atoms with Gasteiger partial charge in [-0.3, -0.25) is 33.2 Å². The highest BCUT2D eigenvalue weighted by Crippen LogP contribution is 2.42. The normalized spacial score (nSPS) is 15.6. The van der Waals surface area contributed by atoms with Crippen LogP contribution in [0.2, 0.25) is 0 Å². The summed E-state index contributed by atoms with van der Waals surface area (Å²) >= 11 is 2.46. The maximum Gasteiger partial charge on any atom is 0.394 e. The van der Waals surface area contributed by atoms with Crippen LogP contribution in [-0.4, -0.2) is 123 Å². The van der Waals surface area contributed by atoms with Crippen molar-refractivity contribution in [2.45, 2.75) is 30.9 Å². The number of amides is 4. The van der Waals surface area contributed by atoms with Gasteiger partial charge in [0.05, 0.1) is 0 Å². The van der Waals surface area contributed by atoms with Crippen molar-refractivity contribution >= 4 is 73.9 Å². The molecule has 330 valence electrons. The van der Waals surface area contributed by atoms with E-state index in [9.17, 15) is 29.1 Å². The molecule has 2 aliphatic rings. The molecule has 1 saturated heterocycles. The number of carboxylic acid groups (broad SMARTS) is 1. The Labute approximate surface area is 367 Å². The van der Waals surface area contributed by atoms with Crippen molar-refractivity contribution in [3.05, 3.63) is 143 Å². The Morgan fingerprint density at radius 1 is 0.903 bits per heavy atom. The number of carbonyl (C=O) groups excluding carboxylic acids is 4. The standard InChI is InChI=1S/C33H27N5O5S2.2C4H9NO.H2O4S/c1-2-20-18-44-30-26(29(40)38(30)27(20)31(41)42)36-28(39)25(24-19-45-32(34)35-24)37-43-33(21-12-6-3-7-13-21,22-14-8-4-9-15-22)23-16-10-5-11-17-23;2*1-4(6)5(2)3;1-5(2,3)4/h2-17,19,26,30H,1,18H2,(H2,34,35)(H,36,39)(H,41,42);2*1-3H3;(H2,1,2,3,4)/b37-25+;;;. The first-order valence-corrected chi connectivity index (χ1v) is 21.5. The summed E-state index contributed by atoms with van der Waals surface area (Å²) in [6, 6.07) is 27.6. The van der Waals surface area contributed by atoms with Crippen molar-refractivity contribution in [1.29, 1.82) is 0 Å². The van der Waals surface area contributed by atoms with Gasteiger partial charge in [0.2, 0.25) is 17.4 Å². The fourth-order valence-electron chi connectivity index (χ4n) is 5.40. The second-order valence-corrected chi connectivity index (χ2v) is 16.3. The van der Waals surface area contributed by atoms with E-state index in [0.29, 0.717) is 11.3 Å². The molecule has 0 radical (unpaired) electrons. The number of β-lactam (4-membered cyclic amide) rings is 1. The van der Waals surface area contributed by atoms with Crippen LogP contribution in [-0.2, 0) is 44.8 Å². The lowest BCUT2D eigenvalue weighted by atomic mass is 9.80. The van der Waals surface area contributed by atoms with E-state index in [2.05, 4.69) is 22.0 Å². The van der Waals surface area contributed by atoms with Gasteiger partial charge < -0.3 is 30.8 Å². The molecule has 4 amide bonds. The van der Waals surface area contributed by atoms with E-state index >= 15 is 0 Å². The molecule has 2 atom stereocenters. The Morgan fingerprint density at radius 2 is 1.32 bits per heavy atom. The monoisotopic (exact) mass is 909 g/mol. The Hall–Kier alpha value is -6.39. The first-order chi connectivity index (χ1) is 29.1. The molecule has 6 N–H and O–H groups in total. The highest BCUT2D eigenvalue weighted by atomic mass is 32.3. The lowest BCUT2D eigenvalue weighted by Gasteiger charge is -2.49. The van der Waals surface area contributed by atoms with Crippen LogP contribution in [0.25, 0.3) is 0 Å². The number of rotatable bonds is 10. The lowest BCUT2D eigenvalue weighted by Crippen LogP contribution is -2.71. The van der Waals surface area contributed by atoms with Crippen LogP contribution in [0.5, 0.6) is 0 Å². The van der Waals surface area contributed by atoms with Crippen LogP contribution in [0.3, 0.4) is 0 Å². The van der Waals surface area contributed by atoms with Crippen molar-refractivity contribution in [3.8, 4) is 0 Å². The van der Waals surface area contributed by atoms with Gasteiger partial charge in [0, 0.05) is 69.9 Å². The zero-order valence-electron chi connectivity index (χ0n) is 34.5. The number of oxime groups is 1. The largest absolute Gasteiger partial charge is 0.477 e. The minimum Gasteiger partial charge on any atom is -0.477 e. The van der Waals surface area contributed by atoms with Crippen molar-refractivity contribution in [2.24, 2.45) is 5.16 Å². The number of benzene rings is 3. The van der Waals surface area contributed by atoms with Crippen LogP contribution >= 0.6 is 23.1 Å². The molecule has 0 saturated carbocycles. The summed E-state index contributed by atoms with van der Waals surface area (Å²) in [7, 11) is 2.23. The summed E-state index contributed by atoms with van der Waals surface area (Å²) in [5, 5.41) is 18.2. The number of nitrogens with two attached hydrogens (primary N) is 1. The summed E-state index contributed by atoms with van der Waals surface area (Å²) in [5.41, 5.74) is 7.23. The van der Waals surface area contributed by atoms with Crippen molar-refractivity contribution in [3.63, 3.8) is 0 Å². The van der Waals surface area contributed by atoms with Crippen LogP contribution < -0.4 is 11.1 Å². The van der Waals surface area contributed by atoms with E-state index in [1.807, 2.05) is 91.0 Å². The van der Waals surface area contributed by atoms with Crippen molar-refractivity contribution in [2.75, 3.05) is 39.7 Å². The third-order valence-corrected chi connectivity index (χ3v) is 10.8. The Morgan fingerprint density at radius 3 is 1.66 bits per heavy atom. The van der Waals surface area contributed by atoms with Crippen LogP contribution in [0.15, 0.2) is 125 Å². The fraction of sp³-hybridized carbons (Fsp3) is 0.244. The van der Waals surface area contributed by atoms with Gasteiger partial charge in [0.15, 0.2) is 10.8 Å². The number of nitrogen functional groups attached to an aromatic ring is 1. The SMILES string of the molecule is C=CC1=C(C(=O)O)N2C(=O)C(NC(=O)/C(=N/OC(c3ccccc3)(c3ccccc3)c3ccccc3)c3csc(N)n3)C2SC1.CC(=O)N(C)C.CC(=O)N(C)C.O=S(=O)(O)O. The first kappa shape index (κ1) is 50.0. The topological polar surface area (TPSA) is 262 Å². The second kappa shape index (κ2) is 22.5. The number of nitrogens with one attached hydrogen (secondary N) is 1. The average Bonchev–Trinajstić information content (AvgIpc) is 3.66. The maximum absolute atomic E-state index is 13.9. The van der Waals surface area contributed by atoms with Gasteiger partial charge >= 0.3 is 16.4 Å². The number of aliphatic carboxylic acids is 1. The molecule has 6 rings (SSSR count). The number of carboxylic acids is 1. The van der Waals surface area contributed by atoms with Gasteiger partial charge in [-0.25, -0.2) is 9.78 Å². The number of thiazole rings is 1. The molecule has 3 heterocycles. The van der Waals surface area contributed by atoms with E-state index in [4.69, 9.17) is 28.1 Å². The van der Waals surface area contributed by atoms with Gasteiger partial charge in [-0.05, 0) is 5.57 Å². The summed E-state index contributed by atoms with van der Waals surface area (Å²) in [4.78, 5) is 74.3. The molecule has 0 spiro atoms. The third-order valence-electron chi connectivity index (χ3n) is 8.79. The highest BCUT2D eigenvalue weighted by Gasteiger charge is 2.54. The zero-order valence-corrected chi connectivity index (χ0v) is 37.0. The van der Waals surface area contributed by atoms with Crippen molar-refractivity contribution in [1.82, 2.24) is 25.0 Å². The summed E-state index contributed by atoms with van der Waals surface area (Å²) in [6.07, 6.45) is 1.43. The molecule has 1 aromatic heterocycles. The number of thioether (sulfide) groups is 1. The Bertz CT molecular complexity index is 2270. The number of aromatic nitrogens is 1. The first-order valence-electron chi connectivity index (χ1n) is 18.2. The smallest absolute Gasteiger partial charge is 0.394 e. The summed E-state index contributed by atoms with van der Waals surface area (Å²) in [6.45, 7) is 6.73. The Kier molecular flexibility index (Phi) is 18.1. The number of carbonyl (C=O) groups is 5. The van der Waals surface area contributed by atoms with Gasteiger partial charge in [-0.15, -0.1) is 23.1 Å². The van der Waals surface area contributed by atoms with Gasteiger partial charge in [0.1, 0.15) is 22.8 Å². The molecule has 3 aromatic carbocycles. The molecule has 2 unspecified atom stereocenters. The van der Waals surface area contributed by atoms with Gasteiger partial charge in [-0.2, -0.15) is 8.42 Å². The molecule has 18 nitrogen and oxygen atoms in total. The molecule has 1 fully saturated rings. The fourth-order valence-corrected chi connectivity index (χ4v) is 7.29. The molecule has 2 aliphatic heterocycles. The van der Waals surface area contributed by atoms with E-state index < -0.39 is 45.2 Å². The predicted molar refractivity (Wildman–Crippen MR) is 236 cm³/mol. The van der Waals surface area contributed by atoms with Crippen LogP contribution in [0.1, 0.15) is 36.2 Å². The summed E-state index contributed by atoms with van der Waals surface area (Å²) in [5.74, 6) is -2.00. The van der Waals surface area contributed by atoms with E-state index in [1.54, 1.807) is 33.6 Å². The van der Waals surface area contributed by atoms with Crippen LogP contribution in [0, 0.1) is 0 Å². The third kappa shape index (κ3) is 13.3. The highest BCUT2D eigenvalue weighted by molar-refractivity contribution is 8.00. The van der Waals surface area contributed by atoms with E-state index in [0.717, 1.165) is 28.0 Å². The number of hydrogen-bond acceptors (Lipinski definition) is 13. The Balaban J connectivity index is 0.000000510. The van der Waals surface area contributed by atoms with E-state index in [1.165, 1.54) is 46.4 Å². The second-order valence-electron chi connectivity index (χ2n) is 13.4. The van der Waals surface area contributed by atoms with Gasteiger partial charge in [0.25, 0.3) is 11.8 Å².